The van der Waals surface area contributed by atoms with Crippen LogP contribution in [0.15, 0.2) is 84.9 Å². The van der Waals surface area contributed by atoms with E-state index in [-0.39, 0.29) is 35.8 Å². The van der Waals surface area contributed by atoms with Gasteiger partial charge in [0.1, 0.15) is 23.0 Å². The van der Waals surface area contributed by atoms with Gasteiger partial charge in [-0.15, -0.1) is 0 Å². The number of carbonyl (C=O) groups is 2. The molecule has 0 saturated heterocycles. The van der Waals surface area contributed by atoms with Gasteiger partial charge in [-0.1, -0.05) is 30.3 Å². The third-order valence-corrected chi connectivity index (χ3v) is 8.10. The largest absolute Gasteiger partial charge is 0.508 e. The topological polar surface area (TPSA) is 165 Å². The molecule has 0 fully saturated rings. The van der Waals surface area contributed by atoms with Gasteiger partial charge >= 0.3 is 11.9 Å². The summed E-state index contributed by atoms with van der Waals surface area (Å²) in [5.74, 6) is -1.22. The smallest absolute Gasteiger partial charge is 0.307 e. The monoisotopic (exact) mass is 622 g/mol. The fraction of sp³-hybridized carbons (Fsp3) is 0.167. The van der Waals surface area contributed by atoms with Crippen LogP contribution in [0.3, 0.4) is 0 Å². The van der Waals surface area contributed by atoms with Crippen molar-refractivity contribution in [2.24, 2.45) is 0 Å². The van der Waals surface area contributed by atoms with Gasteiger partial charge in [0, 0.05) is 40.8 Å². The van der Waals surface area contributed by atoms with Crippen molar-refractivity contribution in [2.75, 3.05) is 0 Å². The molecular weight excluding hydrogens is 588 g/mol. The van der Waals surface area contributed by atoms with E-state index < -0.39 is 11.9 Å². The number of aromatic hydroxyl groups is 4. The highest BCUT2D eigenvalue weighted by Gasteiger charge is 2.19. The number of carboxylic acid groups (broad SMARTS) is 2. The number of fused-ring (bicyclic) bond motifs is 2. The normalized spacial score (nSPS) is 11.0. The summed E-state index contributed by atoms with van der Waals surface area (Å²) in [6.45, 7) is 4.84. The molecule has 0 amide bonds. The van der Waals surface area contributed by atoms with E-state index in [0.29, 0.717) is 29.6 Å². The highest BCUT2D eigenvalue weighted by molar-refractivity contribution is 5.94. The van der Waals surface area contributed by atoms with Crippen molar-refractivity contribution in [1.82, 2.24) is 9.13 Å². The third-order valence-electron chi connectivity index (χ3n) is 8.10. The van der Waals surface area contributed by atoms with E-state index in [4.69, 9.17) is 10.2 Å². The minimum absolute atomic E-state index is 0.0889. The average molecular weight is 623 g/mol. The number of phenols is 4. The molecule has 6 aromatic rings. The molecule has 0 spiro atoms. The first-order chi connectivity index (χ1) is 21.9. The summed E-state index contributed by atoms with van der Waals surface area (Å²) in [4.78, 5) is 22.3. The summed E-state index contributed by atoms with van der Waals surface area (Å²) in [5, 5.41) is 58.3. The number of aliphatic carboxylic acids is 2. The van der Waals surface area contributed by atoms with Crippen molar-refractivity contribution in [2.45, 2.75) is 39.8 Å². The molecule has 4 aromatic carbocycles. The molecule has 0 radical (unpaired) electrons. The van der Waals surface area contributed by atoms with Gasteiger partial charge in [-0.25, -0.2) is 0 Å². The van der Waals surface area contributed by atoms with Crippen molar-refractivity contribution in [3.8, 4) is 23.0 Å². The minimum Gasteiger partial charge on any atom is -0.508 e. The van der Waals surface area contributed by atoms with Crippen LogP contribution in [0.1, 0.15) is 33.6 Å². The summed E-state index contributed by atoms with van der Waals surface area (Å²) < 4.78 is 4.01. The summed E-state index contributed by atoms with van der Waals surface area (Å²) in [6.07, 6.45) is -0.225. The van der Waals surface area contributed by atoms with E-state index >= 15 is 0 Å². The van der Waals surface area contributed by atoms with Crippen LogP contribution in [-0.2, 0) is 35.5 Å². The van der Waals surface area contributed by atoms with Crippen LogP contribution in [0.25, 0.3) is 21.8 Å². The first-order valence-electron chi connectivity index (χ1n) is 14.5. The van der Waals surface area contributed by atoms with Crippen LogP contribution in [0.4, 0.5) is 0 Å². The Morgan fingerprint density at radius 2 is 1.07 bits per heavy atom. The van der Waals surface area contributed by atoms with Crippen molar-refractivity contribution in [3.05, 3.63) is 119 Å². The lowest BCUT2D eigenvalue weighted by molar-refractivity contribution is -0.137. The molecule has 10 nitrogen and oxygen atoms in total. The van der Waals surface area contributed by atoms with E-state index in [9.17, 15) is 30.0 Å². The lowest BCUT2D eigenvalue weighted by Crippen LogP contribution is -2.05. The number of rotatable bonds is 8. The molecule has 6 rings (SSSR count). The van der Waals surface area contributed by atoms with Gasteiger partial charge in [-0.3, -0.25) is 9.59 Å². The zero-order valence-corrected chi connectivity index (χ0v) is 25.3. The Morgan fingerprint density at radius 1 is 0.587 bits per heavy atom. The second-order valence-electron chi connectivity index (χ2n) is 11.1. The van der Waals surface area contributed by atoms with Gasteiger partial charge in [0.05, 0.1) is 18.4 Å². The lowest BCUT2D eigenvalue weighted by Gasteiger charge is -2.09. The Balaban J connectivity index is 0.000000181. The van der Waals surface area contributed by atoms with Crippen LogP contribution >= 0.6 is 0 Å². The second kappa shape index (κ2) is 13.0. The van der Waals surface area contributed by atoms with Gasteiger partial charge in [-0.05, 0) is 90.7 Å². The standard InChI is InChI=1S/2C18H17NO4/c1-11-15(9-18(22)23)16-8-14(21)6-7-17(16)19(11)10-12-2-4-13(20)5-3-12;1-11-14(9-17(22)23)18-15(3-2-4-16(18)21)19(11)10-12-5-7-13(20)8-6-12/h2*2-8,20-21H,9-10H2,1H3,(H,22,23). The third kappa shape index (κ3) is 6.61. The van der Waals surface area contributed by atoms with Gasteiger partial charge in [-0.2, -0.15) is 0 Å². The molecule has 0 saturated carbocycles. The van der Waals surface area contributed by atoms with Crippen molar-refractivity contribution < 1.29 is 40.2 Å². The molecule has 0 aliphatic rings. The van der Waals surface area contributed by atoms with E-state index in [2.05, 4.69) is 0 Å². The number of hydrogen-bond donors (Lipinski definition) is 6. The lowest BCUT2D eigenvalue weighted by atomic mass is 10.1. The number of carboxylic acids is 2. The minimum atomic E-state index is -0.931. The van der Waals surface area contributed by atoms with Gasteiger partial charge < -0.3 is 39.8 Å². The molecule has 0 atom stereocenters. The molecule has 2 aromatic heterocycles. The van der Waals surface area contributed by atoms with Crippen LogP contribution < -0.4 is 0 Å². The first-order valence-corrected chi connectivity index (χ1v) is 14.5. The van der Waals surface area contributed by atoms with Crippen LogP contribution in [0.2, 0.25) is 0 Å². The molecule has 0 bridgehead atoms. The predicted octanol–water partition coefficient (Wildman–Crippen LogP) is 6.07. The van der Waals surface area contributed by atoms with Gasteiger partial charge in [0.2, 0.25) is 0 Å². The number of benzene rings is 4. The molecular formula is C36H34N2O8. The highest BCUT2D eigenvalue weighted by atomic mass is 16.4. The zero-order chi connectivity index (χ0) is 33.1. The molecule has 0 unspecified atom stereocenters. The molecule has 46 heavy (non-hydrogen) atoms. The molecule has 2 heterocycles. The predicted molar refractivity (Wildman–Crippen MR) is 174 cm³/mol. The van der Waals surface area contributed by atoms with Gasteiger partial charge in [0.25, 0.3) is 0 Å². The SMILES string of the molecule is Cc1c(CC(=O)O)c2c(O)cccc2n1Cc1ccc(O)cc1.Cc1c(CC(=O)O)c2cc(O)ccc2n1Cc1ccc(O)cc1. The van der Waals surface area contributed by atoms with Gasteiger partial charge in [0.15, 0.2) is 0 Å². The maximum atomic E-state index is 11.2. The Hall–Kier alpha value is -5.90. The number of aromatic nitrogens is 2. The Morgan fingerprint density at radius 3 is 1.61 bits per heavy atom. The first kappa shape index (κ1) is 31.5. The molecule has 236 valence electrons. The fourth-order valence-corrected chi connectivity index (χ4v) is 5.84. The molecule has 0 aliphatic carbocycles. The number of nitrogens with zero attached hydrogens (tertiary/aromatic N) is 2. The molecule has 10 heteroatoms. The zero-order valence-electron chi connectivity index (χ0n) is 25.3. The summed E-state index contributed by atoms with van der Waals surface area (Å²) in [7, 11) is 0. The summed E-state index contributed by atoms with van der Waals surface area (Å²) in [6, 6.07) is 24.0. The second-order valence-corrected chi connectivity index (χ2v) is 11.1. The maximum absolute atomic E-state index is 11.2. The Bertz CT molecular complexity index is 2060. The summed E-state index contributed by atoms with van der Waals surface area (Å²) >= 11 is 0. The molecule has 6 N–H and O–H groups in total. The quantitative estimate of drug-likeness (QED) is 0.119. The van der Waals surface area contributed by atoms with Crippen LogP contribution in [0.5, 0.6) is 23.0 Å². The van der Waals surface area contributed by atoms with Crippen LogP contribution in [-0.4, -0.2) is 51.7 Å². The Labute approximate surface area is 264 Å². The maximum Gasteiger partial charge on any atom is 0.307 e. The van der Waals surface area contributed by atoms with Crippen molar-refractivity contribution >= 4 is 33.7 Å². The van der Waals surface area contributed by atoms with E-state index in [1.54, 1.807) is 54.6 Å². The van der Waals surface area contributed by atoms with E-state index in [0.717, 1.165) is 38.9 Å². The number of phenolic OH excluding ortho intramolecular Hbond substituents is 4. The van der Waals surface area contributed by atoms with Crippen LogP contribution in [0, 0.1) is 13.8 Å². The number of hydrogen-bond acceptors (Lipinski definition) is 6. The Kier molecular flexibility index (Phi) is 8.90. The van der Waals surface area contributed by atoms with E-state index in [1.807, 2.05) is 53.3 Å². The van der Waals surface area contributed by atoms with Crippen molar-refractivity contribution in [1.29, 1.82) is 0 Å². The average Bonchev–Trinajstić information content (AvgIpc) is 3.41. The molecule has 0 aliphatic heterocycles. The highest BCUT2D eigenvalue weighted by Crippen LogP contribution is 2.34. The van der Waals surface area contributed by atoms with E-state index in [1.165, 1.54) is 0 Å². The fourth-order valence-electron chi connectivity index (χ4n) is 5.84. The van der Waals surface area contributed by atoms with Crippen molar-refractivity contribution in [3.63, 3.8) is 0 Å². The summed E-state index contributed by atoms with van der Waals surface area (Å²) in [5.41, 5.74) is 6.67.